The zero-order valence-electron chi connectivity index (χ0n) is 9.67. The van der Waals surface area contributed by atoms with Gasteiger partial charge < -0.3 is 11.1 Å². The number of carbonyl (C=O) groups is 1. The molecule has 1 aromatic rings. The van der Waals surface area contributed by atoms with Crippen LogP contribution in [0.3, 0.4) is 0 Å². The molecule has 1 rings (SSSR count). The Hall–Kier alpha value is -1.29. The summed E-state index contributed by atoms with van der Waals surface area (Å²) in [5.41, 5.74) is 6.09. The van der Waals surface area contributed by atoms with Gasteiger partial charge in [0.25, 0.3) is 5.91 Å². The van der Waals surface area contributed by atoms with Gasteiger partial charge in [0.05, 0.1) is 17.4 Å². The van der Waals surface area contributed by atoms with Crippen LogP contribution in [0.15, 0.2) is 12.3 Å². The fourth-order valence-corrected chi connectivity index (χ4v) is 1.26. The largest absolute Gasteiger partial charge is 0.397 e. The number of rotatable bonds is 3. The fraction of sp³-hybridized carbons (Fsp3) is 0.455. The van der Waals surface area contributed by atoms with Gasteiger partial charge in [0.15, 0.2) is 0 Å². The van der Waals surface area contributed by atoms with Crippen LogP contribution in [0.5, 0.6) is 0 Å². The van der Waals surface area contributed by atoms with Crippen LogP contribution in [0.1, 0.15) is 37.6 Å². The van der Waals surface area contributed by atoms with Gasteiger partial charge >= 0.3 is 0 Å². The van der Waals surface area contributed by atoms with E-state index < -0.39 is 0 Å². The van der Waals surface area contributed by atoms with Gasteiger partial charge in [0.1, 0.15) is 5.15 Å². The lowest BCUT2D eigenvalue weighted by molar-refractivity contribution is 0.0912. The van der Waals surface area contributed by atoms with E-state index in [1.54, 1.807) is 0 Å². The lowest BCUT2D eigenvalue weighted by Crippen LogP contribution is -2.43. The van der Waals surface area contributed by atoms with Crippen molar-refractivity contribution in [3.05, 3.63) is 23.0 Å². The van der Waals surface area contributed by atoms with Crippen molar-refractivity contribution in [2.24, 2.45) is 0 Å². The summed E-state index contributed by atoms with van der Waals surface area (Å²) in [5.74, 6) is -0.228. The van der Waals surface area contributed by atoms with Crippen LogP contribution in [-0.4, -0.2) is 16.4 Å². The van der Waals surface area contributed by atoms with E-state index in [2.05, 4.69) is 10.3 Å². The van der Waals surface area contributed by atoms with E-state index in [0.29, 0.717) is 11.3 Å². The zero-order valence-corrected chi connectivity index (χ0v) is 10.4. The second kappa shape index (κ2) is 4.70. The standard InChI is InChI=1S/C11H16ClN3O/c1-4-11(2,3)15-10(16)7-5-9(12)14-6-8(7)13/h5-6H,4,13H2,1-3H3,(H,15,16). The number of nitrogen functional groups attached to an aromatic ring is 1. The number of amides is 1. The van der Waals surface area contributed by atoms with Gasteiger partial charge in [-0.2, -0.15) is 0 Å². The van der Waals surface area contributed by atoms with Crippen molar-refractivity contribution in [3.63, 3.8) is 0 Å². The number of aromatic nitrogens is 1. The average molecular weight is 242 g/mol. The minimum absolute atomic E-state index is 0.228. The Bertz CT molecular complexity index is 404. The second-order valence-corrected chi connectivity index (χ2v) is 4.67. The first-order valence-corrected chi connectivity index (χ1v) is 5.47. The van der Waals surface area contributed by atoms with Crippen molar-refractivity contribution in [3.8, 4) is 0 Å². The van der Waals surface area contributed by atoms with Gasteiger partial charge in [-0.3, -0.25) is 4.79 Å². The minimum Gasteiger partial charge on any atom is -0.397 e. The predicted molar refractivity (Wildman–Crippen MR) is 65.5 cm³/mol. The van der Waals surface area contributed by atoms with Crippen molar-refractivity contribution in [1.29, 1.82) is 0 Å². The van der Waals surface area contributed by atoms with Crippen molar-refractivity contribution >= 4 is 23.2 Å². The van der Waals surface area contributed by atoms with E-state index in [1.807, 2.05) is 20.8 Å². The first-order chi connectivity index (χ1) is 7.35. The molecule has 0 saturated heterocycles. The maximum Gasteiger partial charge on any atom is 0.253 e. The van der Waals surface area contributed by atoms with Gasteiger partial charge in [-0.25, -0.2) is 4.98 Å². The van der Waals surface area contributed by atoms with Crippen LogP contribution in [-0.2, 0) is 0 Å². The van der Waals surface area contributed by atoms with E-state index in [1.165, 1.54) is 12.3 Å². The highest BCUT2D eigenvalue weighted by Crippen LogP contribution is 2.16. The summed E-state index contributed by atoms with van der Waals surface area (Å²) in [6.45, 7) is 5.90. The summed E-state index contributed by atoms with van der Waals surface area (Å²) in [5, 5.41) is 3.14. The number of nitrogens with one attached hydrogen (secondary N) is 1. The fourth-order valence-electron chi connectivity index (χ4n) is 1.10. The smallest absolute Gasteiger partial charge is 0.253 e. The molecule has 3 N–H and O–H groups in total. The van der Waals surface area contributed by atoms with E-state index in [9.17, 15) is 4.79 Å². The number of carbonyl (C=O) groups excluding carboxylic acids is 1. The van der Waals surface area contributed by atoms with Gasteiger partial charge in [-0.05, 0) is 26.3 Å². The highest BCUT2D eigenvalue weighted by molar-refractivity contribution is 6.29. The summed E-state index contributed by atoms with van der Waals surface area (Å²) < 4.78 is 0. The zero-order chi connectivity index (χ0) is 12.3. The van der Waals surface area contributed by atoms with E-state index in [0.717, 1.165) is 6.42 Å². The van der Waals surface area contributed by atoms with Crippen LogP contribution in [0.2, 0.25) is 5.15 Å². The number of hydrogen-bond acceptors (Lipinski definition) is 3. The Balaban J connectivity index is 2.93. The maximum absolute atomic E-state index is 11.9. The van der Waals surface area contributed by atoms with E-state index in [-0.39, 0.29) is 16.6 Å². The van der Waals surface area contributed by atoms with E-state index >= 15 is 0 Å². The molecule has 0 aromatic carbocycles. The monoisotopic (exact) mass is 241 g/mol. The number of nitrogens with two attached hydrogens (primary N) is 1. The minimum atomic E-state index is -0.265. The molecule has 88 valence electrons. The van der Waals surface area contributed by atoms with Gasteiger partial charge in [0.2, 0.25) is 0 Å². The molecule has 0 radical (unpaired) electrons. The van der Waals surface area contributed by atoms with E-state index in [4.69, 9.17) is 17.3 Å². The van der Waals surface area contributed by atoms with Gasteiger partial charge in [-0.15, -0.1) is 0 Å². The third-order valence-electron chi connectivity index (χ3n) is 2.48. The van der Waals surface area contributed by atoms with Crippen LogP contribution in [0.25, 0.3) is 0 Å². The third-order valence-corrected chi connectivity index (χ3v) is 2.69. The maximum atomic E-state index is 11.9. The molecule has 0 bridgehead atoms. The molecule has 0 spiro atoms. The summed E-state index contributed by atoms with van der Waals surface area (Å²) in [7, 11) is 0. The Morgan fingerprint density at radius 1 is 1.62 bits per heavy atom. The van der Waals surface area contributed by atoms with Crippen LogP contribution >= 0.6 is 11.6 Å². The normalized spacial score (nSPS) is 11.2. The Morgan fingerprint density at radius 2 is 2.25 bits per heavy atom. The molecule has 1 heterocycles. The number of nitrogens with zero attached hydrogens (tertiary/aromatic N) is 1. The molecule has 0 saturated carbocycles. The van der Waals surface area contributed by atoms with Crippen molar-refractivity contribution < 1.29 is 4.79 Å². The first-order valence-electron chi connectivity index (χ1n) is 5.09. The number of halogens is 1. The van der Waals surface area contributed by atoms with Crippen LogP contribution in [0.4, 0.5) is 5.69 Å². The SMILES string of the molecule is CCC(C)(C)NC(=O)c1cc(Cl)ncc1N. The molecule has 0 atom stereocenters. The molecule has 1 aromatic heterocycles. The van der Waals surface area contributed by atoms with Gasteiger partial charge in [-0.1, -0.05) is 18.5 Å². The number of pyridine rings is 1. The Labute approximate surface area is 100 Å². The number of anilines is 1. The van der Waals surface area contributed by atoms with Crippen molar-refractivity contribution in [1.82, 2.24) is 10.3 Å². The molecule has 1 amide bonds. The third kappa shape index (κ3) is 3.10. The average Bonchev–Trinajstić information content (AvgIpc) is 2.21. The summed E-state index contributed by atoms with van der Waals surface area (Å²) in [6, 6.07) is 1.47. The molecule has 0 aliphatic heterocycles. The Morgan fingerprint density at radius 3 is 2.81 bits per heavy atom. The summed E-state index contributed by atoms with van der Waals surface area (Å²) >= 11 is 5.72. The summed E-state index contributed by atoms with van der Waals surface area (Å²) in [4.78, 5) is 15.7. The molecule has 0 unspecified atom stereocenters. The van der Waals surface area contributed by atoms with Crippen molar-refractivity contribution in [2.75, 3.05) is 5.73 Å². The molecule has 5 heteroatoms. The molecule has 16 heavy (non-hydrogen) atoms. The topological polar surface area (TPSA) is 68.0 Å². The first kappa shape index (κ1) is 12.8. The molecule has 0 fully saturated rings. The molecule has 0 aliphatic carbocycles. The van der Waals surface area contributed by atoms with Crippen molar-refractivity contribution in [2.45, 2.75) is 32.7 Å². The lowest BCUT2D eigenvalue weighted by Gasteiger charge is -2.24. The van der Waals surface area contributed by atoms with Crippen LogP contribution < -0.4 is 11.1 Å². The Kier molecular flexibility index (Phi) is 3.75. The molecular weight excluding hydrogens is 226 g/mol. The lowest BCUT2D eigenvalue weighted by atomic mass is 10.0. The predicted octanol–water partition coefficient (Wildman–Crippen LogP) is 2.24. The quantitative estimate of drug-likeness (QED) is 0.798. The summed E-state index contributed by atoms with van der Waals surface area (Å²) in [6.07, 6.45) is 2.22. The number of hydrogen-bond donors (Lipinski definition) is 2. The van der Waals surface area contributed by atoms with Gasteiger partial charge in [0, 0.05) is 5.54 Å². The molecular formula is C11H16ClN3O. The molecule has 0 aliphatic rings. The highest BCUT2D eigenvalue weighted by Gasteiger charge is 2.20. The highest BCUT2D eigenvalue weighted by atomic mass is 35.5. The van der Waals surface area contributed by atoms with Crippen LogP contribution in [0, 0.1) is 0 Å². The second-order valence-electron chi connectivity index (χ2n) is 4.29. The molecule has 4 nitrogen and oxygen atoms in total.